The molecule has 0 aliphatic carbocycles. The summed E-state index contributed by atoms with van der Waals surface area (Å²) in [4.78, 5) is 28.4. The number of methoxy groups -OCH3 is 1. The van der Waals surface area contributed by atoms with Gasteiger partial charge in [0.2, 0.25) is 11.8 Å². The Morgan fingerprint density at radius 1 is 0.844 bits per heavy atom. The summed E-state index contributed by atoms with van der Waals surface area (Å²) in [7, 11) is 1.59. The summed E-state index contributed by atoms with van der Waals surface area (Å²) >= 11 is 0. The summed E-state index contributed by atoms with van der Waals surface area (Å²) in [6.45, 7) is 1.15. The van der Waals surface area contributed by atoms with Gasteiger partial charge < -0.3 is 15.0 Å². The van der Waals surface area contributed by atoms with E-state index in [2.05, 4.69) is 5.32 Å². The Morgan fingerprint density at radius 2 is 1.41 bits per heavy atom. The zero-order valence-electron chi connectivity index (χ0n) is 18.4. The van der Waals surface area contributed by atoms with E-state index in [0.717, 1.165) is 16.7 Å². The molecular formula is C27H30N2O3. The molecule has 0 fully saturated rings. The molecule has 0 aliphatic heterocycles. The smallest absolute Gasteiger partial charge is 0.247 e. The SMILES string of the molecule is COCCNC(=O)C(c1ccccc1)N(Cc1ccccc1)C(=O)CCc1ccccc1. The summed E-state index contributed by atoms with van der Waals surface area (Å²) in [5, 5.41) is 2.92. The Morgan fingerprint density at radius 3 is 2.00 bits per heavy atom. The van der Waals surface area contributed by atoms with Crippen LogP contribution in [0.1, 0.15) is 29.2 Å². The van der Waals surface area contributed by atoms with Crippen LogP contribution in [0.15, 0.2) is 91.0 Å². The number of ether oxygens (including phenoxy) is 1. The molecule has 0 saturated carbocycles. The average Bonchev–Trinajstić information content (AvgIpc) is 2.84. The van der Waals surface area contributed by atoms with Gasteiger partial charge in [-0.25, -0.2) is 0 Å². The Hall–Kier alpha value is -3.44. The highest BCUT2D eigenvalue weighted by atomic mass is 16.5. The predicted molar refractivity (Wildman–Crippen MR) is 126 cm³/mol. The van der Waals surface area contributed by atoms with Gasteiger partial charge in [-0.1, -0.05) is 91.0 Å². The highest BCUT2D eigenvalue weighted by Gasteiger charge is 2.31. The van der Waals surface area contributed by atoms with Crippen molar-refractivity contribution in [1.29, 1.82) is 0 Å². The lowest BCUT2D eigenvalue weighted by atomic mass is 10.0. The molecule has 2 amide bonds. The quantitative estimate of drug-likeness (QED) is 0.465. The highest BCUT2D eigenvalue weighted by Crippen LogP contribution is 2.25. The summed E-state index contributed by atoms with van der Waals surface area (Å²) in [5.41, 5.74) is 2.86. The van der Waals surface area contributed by atoms with Crippen molar-refractivity contribution >= 4 is 11.8 Å². The minimum atomic E-state index is -0.725. The third kappa shape index (κ3) is 6.79. The van der Waals surface area contributed by atoms with E-state index < -0.39 is 6.04 Å². The molecule has 32 heavy (non-hydrogen) atoms. The van der Waals surface area contributed by atoms with E-state index in [0.29, 0.717) is 32.5 Å². The van der Waals surface area contributed by atoms with Gasteiger partial charge in [-0.05, 0) is 23.1 Å². The zero-order valence-corrected chi connectivity index (χ0v) is 18.4. The van der Waals surface area contributed by atoms with E-state index in [1.54, 1.807) is 12.0 Å². The lowest BCUT2D eigenvalue weighted by molar-refractivity contribution is -0.141. The first-order chi connectivity index (χ1) is 15.7. The molecule has 3 rings (SSSR count). The molecule has 3 aromatic rings. The molecule has 3 aromatic carbocycles. The number of benzene rings is 3. The first-order valence-corrected chi connectivity index (χ1v) is 10.9. The molecular weight excluding hydrogens is 400 g/mol. The summed E-state index contributed by atoms with van der Waals surface area (Å²) in [6, 6.07) is 28.4. The fourth-order valence-electron chi connectivity index (χ4n) is 3.62. The van der Waals surface area contributed by atoms with Crippen molar-refractivity contribution in [2.45, 2.75) is 25.4 Å². The second-order valence-electron chi connectivity index (χ2n) is 7.59. The number of hydrogen-bond acceptors (Lipinski definition) is 3. The molecule has 5 nitrogen and oxygen atoms in total. The normalized spacial score (nSPS) is 11.5. The van der Waals surface area contributed by atoms with Crippen LogP contribution in [-0.2, 0) is 27.3 Å². The van der Waals surface area contributed by atoms with Crippen molar-refractivity contribution in [3.63, 3.8) is 0 Å². The molecule has 166 valence electrons. The van der Waals surface area contributed by atoms with Crippen molar-refractivity contribution in [3.05, 3.63) is 108 Å². The molecule has 0 aromatic heterocycles. The van der Waals surface area contributed by atoms with Crippen LogP contribution >= 0.6 is 0 Å². The molecule has 0 spiro atoms. The van der Waals surface area contributed by atoms with Crippen molar-refractivity contribution in [2.24, 2.45) is 0 Å². The molecule has 5 heteroatoms. The lowest BCUT2D eigenvalue weighted by Gasteiger charge is -2.32. The molecule has 0 radical (unpaired) electrons. The topological polar surface area (TPSA) is 58.6 Å². The van der Waals surface area contributed by atoms with Crippen LogP contribution in [0.3, 0.4) is 0 Å². The van der Waals surface area contributed by atoms with Gasteiger partial charge in [0.25, 0.3) is 0 Å². The maximum Gasteiger partial charge on any atom is 0.247 e. The van der Waals surface area contributed by atoms with Crippen molar-refractivity contribution in [2.75, 3.05) is 20.3 Å². The first-order valence-electron chi connectivity index (χ1n) is 10.9. The maximum atomic E-state index is 13.5. The van der Waals surface area contributed by atoms with E-state index in [-0.39, 0.29) is 11.8 Å². The van der Waals surface area contributed by atoms with Gasteiger partial charge in [-0.2, -0.15) is 0 Å². The van der Waals surface area contributed by atoms with E-state index >= 15 is 0 Å². The van der Waals surface area contributed by atoms with Crippen molar-refractivity contribution in [3.8, 4) is 0 Å². The van der Waals surface area contributed by atoms with Crippen LogP contribution in [0.25, 0.3) is 0 Å². The minimum absolute atomic E-state index is 0.0616. The van der Waals surface area contributed by atoms with E-state index in [9.17, 15) is 9.59 Å². The third-order valence-corrected chi connectivity index (χ3v) is 5.27. The second kappa shape index (κ2) is 12.4. The standard InChI is InChI=1S/C27H30N2O3/c1-32-20-19-28-27(31)26(24-15-9-4-10-16-24)29(21-23-13-7-3-8-14-23)25(30)18-17-22-11-5-2-6-12-22/h2-16,26H,17-21H2,1H3,(H,28,31). The number of carbonyl (C=O) groups excluding carboxylic acids is 2. The molecule has 0 bridgehead atoms. The molecule has 0 aliphatic rings. The van der Waals surface area contributed by atoms with Gasteiger partial charge in [0.15, 0.2) is 0 Å². The van der Waals surface area contributed by atoms with Gasteiger partial charge in [0, 0.05) is 26.6 Å². The molecule has 1 unspecified atom stereocenters. The van der Waals surface area contributed by atoms with Gasteiger partial charge in [-0.3, -0.25) is 9.59 Å². The van der Waals surface area contributed by atoms with Gasteiger partial charge in [0.1, 0.15) is 6.04 Å². The number of carbonyl (C=O) groups is 2. The molecule has 0 saturated heterocycles. The Balaban J connectivity index is 1.88. The highest BCUT2D eigenvalue weighted by molar-refractivity contribution is 5.88. The third-order valence-electron chi connectivity index (χ3n) is 5.27. The number of hydrogen-bond donors (Lipinski definition) is 1. The van der Waals surface area contributed by atoms with Crippen LogP contribution < -0.4 is 5.32 Å². The van der Waals surface area contributed by atoms with Crippen LogP contribution in [0, 0.1) is 0 Å². The van der Waals surface area contributed by atoms with E-state index in [1.165, 1.54) is 0 Å². The average molecular weight is 431 g/mol. The predicted octanol–water partition coefficient (Wildman–Crippen LogP) is 4.15. The number of amides is 2. The van der Waals surface area contributed by atoms with Gasteiger partial charge in [-0.15, -0.1) is 0 Å². The Bertz CT molecular complexity index is 962. The van der Waals surface area contributed by atoms with Gasteiger partial charge in [0.05, 0.1) is 6.61 Å². The summed E-state index contributed by atoms with van der Waals surface area (Å²) in [6.07, 6.45) is 0.948. The van der Waals surface area contributed by atoms with E-state index in [1.807, 2.05) is 91.0 Å². The minimum Gasteiger partial charge on any atom is -0.383 e. The van der Waals surface area contributed by atoms with Gasteiger partial charge >= 0.3 is 0 Å². The van der Waals surface area contributed by atoms with Crippen LogP contribution in [0.4, 0.5) is 0 Å². The summed E-state index contributed by atoms with van der Waals surface area (Å²) < 4.78 is 5.07. The monoisotopic (exact) mass is 430 g/mol. The molecule has 1 atom stereocenters. The Labute approximate surface area is 190 Å². The van der Waals surface area contributed by atoms with Crippen molar-refractivity contribution < 1.29 is 14.3 Å². The van der Waals surface area contributed by atoms with Crippen LogP contribution in [0.5, 0.6) is 0 Å². The lowest BCUT2D eigenvalue weighted by Crippen LogP contribution is -2.44. The molecule has 1 N–H and O–H groups in total. The number of rotatable bonds is 11. The first kappa shape index (κ1) is 23.2. The number of aryl methyl sites for hydroxylation is 1. The summed E-state index contributed by atoms with van der Waals surface area (Å²) in [5.74, 6) is -0.273. The molecule has 0 heterocycles. The Kier molecular flexibility index (Phi) is 9.02. The number of nitrogens with one attached hydrogen (secondary N) is 1. The van der Waals surface area contributed by atoms with Crippen LogP contribution in [-0.4, -0.2) is 37.0 Å². The van der Waals surface area contributed by atoms with E-state index in [4.69, 9.17) is 4.74 Å². The fraction of sp³-hybridized carbons (Fsp3) is 0.259. The number of nitrogens with zero attached hydrogens (tertiary/aromatic N) is 1. The van der Waals surface area contributed by atoms with Crippen molar-refractivity contribution in [1.82, 2.24) is 10.2 Å². The fourth-order valence-corrected chi connectivity index (χ4v) is 3.62. The largest absolute Gasteiger partial charge is 0.383 e. The van der Waals surface area contributed by atoms with Crippen LogP contribution in [0.2, 0.25) is 0 Å². The second-order valence-corrected chi connectivity index (χ2v) is 7.59. The zero-order chi connectivity index (χ0) is 22.6. The maximum absolute atomic E-state index is 13.5.